The second kappa shape index (κ2) is 8.38. The third kappa shape index (κ3) is 3.67. The van der Waals surface area contributed by atoms with Crippen LogP contribution in [-0.2, 0) is 19.1 Å². The standard InChI is InChI=1S/C21H21IO6/c1-11-15(9-16(21(22)24)20(27-4)19(11)26-3)18(23)13-7-12-5-6-14(25-2)8-17(12)28-10-13/h5-9,11,15H,10H2,1-4H3. The number of fused-ring (bicyclic) bond motifs is 1. The maximum Gasteiger partial charge on any atom is 0.225 e. The van der Waals surface area contributed by atoms with Crippen LogP contribution in [0.2, 0.25) is 0 Å². The van der Waals surface area contributed by atoms with Gasteiger partial charge in [-0.1, -0.05) is 13.0 Å². The first kappa shape index (κ1) is 20.4. The SMILES string of the molecule is COC1=C(OC)C(C)C(C(=O)C2=Cc3ccc(OC)cc3OC2)C=C1C(=O)I. The molecule has 0 aromatic heterocycles. The topological polar surface area (TPSA) is 71.1 Å². The number of ketones is 1. The van der Waals surface area contributed by atoms with Gasteiger partial charge in [-0.25, -0.2) is 0 Å². The number of methoxy groups -OCH3 is 3. The first-order valence-electron chi connectivity index (χ1n) is 8.71. The molecule has 2 unspecified atom stereocenters. The van der Waals surface area contributed by atoms with Gasteiger partial charge >= 0.3 is 0 Å². The van der Waals surface area contributed by atoms with E-state index in [2.05, 4.69) is 0 Å². The van der Waals surface area contributed by atoms with E-state index < -0.39 is 5.92 Å². The van der Waals surface area contributed by atoms with Crippen LogP contribution in [0.15, 0.2) is 46.9 Å². The van der Waals surface area contributed by atoms with E-state index in [1.807, 2.05) is 25.1 Å². The summed E-state index contributed by atoms with van der Waals surface area (Å²) in [6.07, 6.45) is 3.50. The fourth-order valence-corrected chi connectivity index (χ4v) is 3.90. The van der Waals surface area contributed by atoms with Crippen LogP contribution in [0.4, 0.5) is 0 Å². The lowest BCUT2D eigenvalue weighted by atomic mass is 9.79. The molecular formula is C21H21IO6. The van der Waals surface area contributed by atoms with Crippen LogP contribution in [-0.4, -0.2) is 37.5 Å². The Labute approximate surface area is 177 Å². The molecule has 1 aliphatic heterocycles. The van der Waals surface area contributed by atoms with E-state index in [0.29, 0.717) is 34.2 Å². The molecule has 0 radical (unpaired) electrons. The Morgan fingerprint density at radius 3 is 2.50 bits per heavy atom. The van der Waals surface area contributed by atoms with Gasteiger partial charge in [-0.2, -0.15) is 0 Å². The summed E-state index contributed by atoms with van der Waals surface area (Å²) in [5.41, 5.74) is 1.70. The van der Waals surface area contributed by atoms with Crippen molar-refractivity contribution < 1.29 is 28.5 Å². The highest BCUT2D eigenvalue weighted by Crippen LogP contribution is 2.39. The van der Waals surface area contributed by atoms with E-state index in [-0.39, 0.29) is 22.1 Å². The number of hydrogen-bond acceptors (Lipinski definition) is 6. The average molecular weight is 496 g/mol. The normalized spacial score (nSPS) is 21.0. The first-order chi connectivity index (χ1) is 13.4. The zero-order valence-corrected chi connectivity index (χ0v) is 18.2. The summed E-state index contributed by atoms with van der Waals surface area (Å²) < 4.78 is 21.6. The molecule has 1 aliphatic carbocycles. The molecule has 0 N–H and O–H groups in total. The minimum atomic E-state index is -0.544. The zero-order valence-electron chi connectivity index (χ0n) is 16.1. The molecule has 1 aromatic rings. The first-order valence-corrected chi connectivity index (χ1v) is 9.78. The van der Waals surface area contributed by atoms with Crippen molar-refractivity contribution in [1.29, 1.82) is 0 Å². The van der Waals surface area contributed by atoms with Crippen LogP contribution in [0.1, 0.15) is 12.5 Å². The highest BCUT2D eigenvalue weighted by molar-refractivity contribution is 14.1. The summed E-state index contributed by atoms with van der Waals surface area (Å²) in [5.74, 6) is 1.31. The molecule has 0 bridgehead atoms. The van der Waals surface area contributed by atoms with Crippen molar-refractivity contribution in [3.63, 3.8) is 0 Å². The van der Waals surface area contributed by atoms with Crippen LogP contribution in [0.5, 0.6) is 11.5 Å². The van der Waals surface area contributed by atoms with Crippen molar-refractivity contribution in [2.75, 3.05) is 27.9 Å². The quantitative estimate of drug-likeness (QED) is 0.442. The molecule has 3 rings (SSSR count). The minimum Gasteiger partial charge on any atom is -0.497 e. The van der Waals surface area contributed by atoms with Crippen molar-refractivity contribution in [2.24, 2.45) is 11.8 Å². The van der Waals surface area contributed by atoms with Gasteiger partial charge in [0.2, 0.25) is 3.79 Å². The van der Waals surface area contributed by atoms with Crippen molar-refractivity contribution in [3.8, 4) is 11.5 Å². The molecule has 148 valence electrons. The summed E-state index contributed by atoms with van der Waals surface area (Å²) in [4.78, 5) is 25.4. The Morgan fingerprint density at radius 2 is 1.89 bits per heavy atom. The molecule has 2 atom stereocenters. The van der Waals surface area contributed by atoms with E-state index in [4.69, 9.17) is 18.9 Å². The fraction of sp³-hybridized carbons (Fsp3) is 0.333. The van der Waals surface area contributed by atoms with Crippen LogP contribution >= 0.6 is 22.6 Å². The van der Waals surface area contributed by atoms with Gasteiger partial charge in [0, 0.05) is 45.7 Å². The van der Waals surface area contributed by atoms with Crippen LogP contribution in [0, 0.1) is 11.8 Å². The third-order valence-corrected chi connectivity index (χ3v) is 5.54. The molecule has 1 heterocycles. The zero-order chi connectivity index (χ0) is 20.4. The number of ether oxygens (including phenoxy) is 4. The van der Waals surface area contributed by atoms with Gasteiger partial charge in [0.05, 0.1) is 32.8 Å². The molecule has 0 spiro atoms. The number of Topliss-reactive ketones (excluding diaryl/α,β-unsaturated/α-hetero) is 1. The van der Waals surface area contributed by atoms with Crippen LogP contribution < -0.4 is 9.47 Å². The summed E-state index contributed by atoms with van der Waals surface area (Å²) in [5, 5.41) is 0. The Hall–Kier alpha value is -2.29. The Bertz CT molecular complexity index is 911. The number of hydrogen-bond donors (Lipinski definition) is 0. The van der Waals surface area contributed by atoms with E-state index >= 15 is 0 Å². The number of carbonyl (C=O) groups excluding carboxylic acids is 2. The molecule has 0 fully saturated rings. The lowest BCUT2D eigenvalue weighted by Gasteiger charge is -2.30. The van der Waals surface area contributed by atoms with Gasteiger partial charge in [-0.3, -0.25) is 9.59 Å². The summed E-state index contributed by atoms with van der Waals surface area (Å²) in [6, 6.07) is 5.46. The van der Waals surface area contributed by atoms with Gasteiger partial charge < -0.3 is 18.9 Å². The predicted molar refractivity (Wildman–Crippen MR) is 112 cm³/mol. The number of benzene rings is 1. The molecule has 1 aromatic carbocycles. The maximum absolute atomic E-state index is 13.3. The number of allylic oxidation sites excluding steroid dienone is 3. The van der Waals surface area contributed by atoms with Gasteiger partial charge in [-0.05, 0) is 18.2 Å². The summed E-state index contributed by atoms with van der Waals surface area (Å²) in [7, 11) is 4.59. The molecular weight excluding hydrogens is 475 g/mol. The van der Waals surface area contributed by atoms with Crippen molar-refractivity contribution in [1.82, 2.24) is 0 Å². The van der Waals surface area contributed by atoms with Crippen molar-refractivity contribution in [2.45, 2.75) is 6.92 Å². The number of rotatable bonds is 6. The molecule has 28 heavy (non-hydrogen) atoms. The third-order valence-electron chi connectivity index (χ3n) is 4.96. The monoisotopic (exact) mass is 496 g/mol. The van der Waals surface area contributed by atoms with E-state index in [1.54, 1.807) is 41.8 Å². The van der Waals surface area contributed by atoms with Gasteiger partial charge in [0.15, 0.2) is 11.5 Å². The van der Waals surface area contributed by atoms with E-state index in [0.717, 1.165) is 5.56 Å². The van der Waals surface area contributed by atoms with Gasteiger partial charge in [0.25, 0.3) is 0 Å². The van der Waals surface area contributed by atoms with Crippen LogP contribution in [0.3, 0.4) is 0 Å². The Morgan fingerprint density at radius 1 is 1.14 bits per heavy atom. The highest BCUT2D eigenvalue weighted by Gasteiger charge is 2.38. The van der Waals surface area contributed by atoms with Crippen molar-refractivity contribution >= 4 is 38.2 Å². The van der Waals surface area contributed by atoms with Gasteiger partial charge in [-0.15, -0.1) is 0 Å². The second-order valence-electron chi connectivity index (χ2n) is 6.50. The van der Waals surface area contributed by atoms with Crippen molar-refractivity contribution in [3.05, 3.63) is 52.5 Å². The summed E-state index contributed by atoms with van der Waals surface area (Å²) >= 11 is 1.69. The van der Waals surface area contributed by atoms with E-state index in [1.165, 1.54) is 14.2 Å². The van der Waals surface area contributed by atoms with E-state index in [9.17, 15) is 9.59 Å². The lowest BCUT2D eigenvalue weighted by molar-refractivity contribution is -0.119. The molecule has 2 aliphatic rings. The molecule has 0 saturated heterocycles. The molecule has 6 nitrogen and oxygen atoms in total. The Kier molecular flexibility index (Phi) is 6.12. The maximum atomic E-state index is 13.3. The molecule has 0 saturated carbocycles. The van der Waals surface area contributed by atoms with Crippen LogP contribution in [0.25, 0.3) is 6.08 Å². The number of carbonyl (C=O) groups is 2. The predicted octanol–water partition coefficient (Wildman–Crippen LogP) is 3.70. The molecule has 7 heteroatoms. The smallest absolute Gasteiger partial charge is 0.225 e. The van der Waals surface area contributed by atoms with Gasteiger partial charge in [0.1, 0.15) is 23.9 Å². The summed E-state index contributed by atoms with van der Waals surface area (Å²) in [6.45, 7) is 2.04. The largest absolute Gasteiger partial charge is 0.497 e. The lowest BCUT2D eigenvalue weighted by Crippen LogP contribution is -2.31. The average Bonchev–Trinajstić information content (AvgIpc) is 2.71. The Balaban J connectivity index is 1.96. The minimum absolute atomic E-state index is 0.103. The fourth-order valence-electron chi connectivity index (χ4n) is 3.48. The second-order valence-corrected chi connectivity index (χ2v) is 7.48. The number of halogens is 1. The highest BCUT2D eigenvalue weighted by atomic mass is 127. The molecule has 0 amide bonds.